The minimum atomic E-state index is -4.39. The molecule has 2 aliphatic carbocycles. The Morgan fingerprint density at radius 3 is 2.59 bits per heavy atom. The molecule has 3 atom stereocenters. The van der Waals surface area contributed by atoms with Gasteiger partial charge in [0.15, 0.2) is 6.61 Å². The summed E-state index contributed by atoms with van der Waals surface area (Å²) >= 11 is 0. The van der Waals surface area contributed by atoms with E-state index in [0.29, 0.717) is 23.8 Å². The summed E-state index contributed by atoms with van der Waals surface area (Å²) in [5, 5.41) is 3.73. The number of hydrogen-bond acceptors (Lipinski definition) is 5. The summed E-state index contributed by atoms with van der Waals surface area (Å²) in [6.07, 6.45) is 0.860. The molecule has 2 aromatic rings. The number of benzene rings is 1. The van der Waals surface area contributed by atoms with E-state index in [9.17, 15) is 18.0 Å². The second-order valence-corrected chi connectivity index (χ2v) is 7.39. The van der Waals surface area contributed by atoms with Crippen LogP contribution in [0.2, 0.25) is 0 Å². The predicted molar refractivity (Wildman–Crippen MR) is 88.1 cm³/mol. The molecule has 0 radical (unpaired) electrons. The lowest BCUT2D eigenvalue weighted by Gasteiger charge is -2.20. The van der Waals surface area contributed by atoms with Crippen LogP contribution in [0.1, 0.15) is 43.6 Å². The zero-order valence-corrected chi connectivity index (χ0v) is 14.5. The fraction of sp³-hybridized carbons (Fsp3) is 0.526. The summed E-state index contributed by atoms with van der Waals surface area (Å²) in [6, 6.07) is 4.47. The van der Waals surface area contributed by atoms with E-state index in [2.05, 4.69) is 10.1 Å². The van der Waals surface area contributed by atoms with Gasteiger partial charge in [-0.15, -0.1) is 0 Å². The van der Waals surface area contributed by atoms with E-state index in [4.69, 9.17) is 9.26 Å². The lowest BCUT2D eigenvalue weighted by atomic mass is 9.86. The van der Waals surface area contributed by atoms with Crippen LogP contribution >= 0.6 is 0 Å². The molecular weight excluding hydrogens is 361 g/mol. The SMILES string of the molecule is O=C(CC1CC2CCC1C2)OCc1nc(-c2ccc(C(F)(F)F)cc2)no1. The molecule has 144 valence electrons. The van der Waals surface area contributed by atoms with Crippen molar-refractivity contribution < 1.29 is 27.2 Å². The van der Waals surface area contributed by atoms with Crippen LogP contribution in [-0.4, -0.2) is 16.1 Å². The molecule has 2 fully saturated rings. The largest absolute Gasteiger partial charge is 0.456 e. The number of halogens is 3. The van der Waals surface area contributed by atoms with Crippen LogP contribution in [0.15, 0.2) is 28.8 Å². The van der Waals surface area contributed by atoms with Crippen molar-refractivity contribution in [2.45, 2.75) is 44.9 Å². The molecule has 8 heteroatoms. The molecule has 0 aliphatic heterocycles. The van der Waals surface area contributed by atoms with Crippen molar-refractivity contribution in [1.29, 1.82) is 0 Å². The van der Waals surface area contributed by atoms with Crippen LogP contribution in [0.4, 0.5) is 13.2 Å². The Labute approximate surface area is 153 Å². The molecule has 0 saturated heterocycles. The number of esters is 1. The van der Waals surface area contributed by atoms with Crippen molar-refractivity contribution in [3.63, 3.8) is 0 Å². The third-order valence-corrected chi connectivity index (χ3v) is 5.61. The monoisotopic (exact) mass is 380 g/mol. The highest BCUT2D eigenvalue weighted by Gasteiger charge is 2.40. The van der Waals surface area contributed by atoms with E-state index in [1.807, 2.05) is 0 Å². The van der Waals surface area contributed by atoms with Crippen molar-refractivity contribution >= 4 is 5.97 Å². The zero-order chi connectivity index (χ0) is 19.0. The van der Waals surface area contributed by atoms with Crippen LogP contribution in [0.3, 0.4) is 0 Å². The topological polar surface area (TPSA) is 65.2 Å². The Kier molecular flexibility index (Phi) is 4.65. The summed E-state index contributed by atoms with van der Waals surface area (Å²) in [6.45, 7) is -0.132. The Morgan fingerprint density at radius 1 is 1.19 bits per heavy atom. The summed E-state index contributed by atoms with van der Waals surface area (Å²) in [7, 11) is 0. The normalized spacial score (nSPS) is 24.3. The molecule has 3 unspecified atom stereocenters. The van der Waals surface area contributed by atoms with Gasteiger partial charge < -0.3 is 9.26 Å². The fourth-order valence-electron chi connectivity index (χ4n) is 4.28. The molecule has 0 spiro atoms. The summed E-state index contributed by atoms with van der Waals surface area (Å²) in [4.78, 5) is 16.1. The second kappa shape index (κ2) is 6.98. The molecule has 0 N–H and O–H groups in total. The number of rotatable bonds is 5. The van der Waals surface area contributed by atoms with Gasteiger partial charge >= 0.3 is 12.1 Å². The minimum absolute atomic E-state index is 0.117. The molecule has 27 heavy (non-hydrogen) atoms. The Hall–Kier alpha value is -2.38. The molecular formula is C19H19F3N2O3. The molecule has 1 aromatic carbocycles. The van der Waals surface area contributed by atoms with E-state index < -0.39 is 11.7 Å². The Morgan fingerprint density at radius 2 is 1.96 bits per heavy atom. The average Bonchev–Trinajstić information content (AvgIpc) is 3.36. The average molecular weight is 380 g/mol. The molecule has 1 heterocycles. The van der Waals surface area contributed by atoms with Crippen LogP contribution in [0.25, 0.3) is 11.4 Å². The summed E-state index contributed by atoms with van der Waals surface area (Å²) in [5.74, 6) is 1.84. The first kappa shape index (κ1) is 18.0. The molecule has 0 amide bonds. The number of aromatic nitrogens is 2. The summed E-state index contributed by atoms with van der Waals surface area (Å²) in [5.41, 5.74) is -0.351. The molecule has 2 bridgehead atoms. The second-order valence-electron chi connectivity index (χ2n) is 7.39. The van der Waals surface area contributed by atoms with Crippen molar-refractivity contribution in [3.8, 4) is 11.4 Å². The van der Waals surface area contributed by atoms with Gasteiger partial charge in [-0.05, 0) is 49.1 Å². The lowest BCUT2D eigenvalue weighted by Crippen LogP contribution is -2.17. The van der Waals surface area contributed by atoms with Crippen molar-refractivity contribution in [3.05, 3.63) is 35.7 Å². The van der Waals surface area contributed by atoms with Gasteiger partial charge in [-0.25, -0.2) is 0 Å². The third kappa shape index (κ3) is 3.99. The fourth-order valence-corrected chi connectivity index (χ4v) is 4.28. The highest BCUT2D eigenvalue weighted by atomic mass is 19.4. The van der Waals surface area contributed by atoms with E-state index in [0.717, 1.165) is 24.5 Å². The molecule has 2 saturated carbocycles. The van der Waals surface area contributed by atoms with Crippen LogP contribution in [0.5, 0.6) is 0 Å². The quantitative estimate of drug-likeness (QED) is 0.708. The highest BCUT2D eigenvalue weighted by molar-refractivity contribution is 5.69. The Balaban J connectivity index is 1.31. The number of fused-ring (bicyclic) bond motifs is 2. The maximum absolute atomic E-state index is 12.6. The van der Waals surface area contributed by atoms with Gasteiger partial charge in [0.25, 0.3) is 5.89 Å². The van der Waals surface area contributed by atoms with Gasteiger partial charge in [-0.2, -0.15) is 18.2 Å². The maximum Gasteiger partial charge on any atom is 0.416 e. The van der Waals surface area contributed by atoms with Gasteiger partial charge in [0.2, 0.25) is 5.82 Å². The van der Waals surface area contributed by atoms with Crippen LogP contribution in [-0.2, 0) is 22.3 Å². The highest BCUT2D eigenvalue weighted by Crippen LogP contribution is 2.49. The van der Waals surface area contributed by atoms with E-state index >= 15 is 0 Å². The van der Waals surface area contributed by atoms with Crippen molar-refractivity contribution in [2.24, 2.45) is 17.8 Å². The first-order valence-corrected chi connectivity index (χ1v) is 9.04. The zero-order valence-electron chi connectivity index (χ0n) is 14.5. The number of nitrogens with zero attached hydrogens (tertiary/aromatic N) is 2. The van der Waals surface area contributed by atoms with Gasteiger partial charge in [-0.1, -0.05) is 23.7 Å². The number of carbonyl (C=O) groups is 1. The van der Waals surface area contributed by atoms with Gasteiger partial charge in [0.05, 0.1) is 5.56 Å². The van der Waals surface area contributed by atoms with E-state index in [1.54, 1.807) is 0 Å². The summed E-state index contributed by atoms with van der Waals surface area (Å²) < 4.78 is 48.0. The van der Waals surface area contributed by atoms with Crippen molar-refractivity contribution in [1.82, 2.24) is 10.1 Å². The molecule has 5 nitrogen and oxygen atoms in total. The van der Waals surface area contributed by atoms with Crippen LogP contribution < -0.4 is 0 Å². The van der Waals surface area contributed by atoms with Gasteiger partial charge in [0.1, 0.15) is 0 Å². The predicted octanol–water partition coefficient (Wildman–Crippen LogP) is 4.62. The lowest BCUT2D eigenvalue weighted by molar-refractivity contribution is -0.147. The van der Waals surface area contributed by atoms with E-state index in [-0.39, 0.29) is 24.3 Å². The van der Waals surface area contributed by atoms with Crippen LogP contribution in [0, 0.1) is 17.8 Å². The third-order valence-electron chi connectivity index (χ3n) is 5.61. The van der Waals surface area contributed by atoms with Gasteiger partial charge in [-0.3, -0.25) is 4.79 Å². The van der Waals surface area contributed by atoms with Crippen molar-refractivity contribution in [2.75, 3.05) is 0 Å². The van der Waals surface area contributed by atoms with E-state index in [1.165, 1.54) is 31.4 Å². The maximum atomic E-state index is 12.6. The Bertz CT molecular complexity index is 816. The number of hydrogen-bond donors (Lipinski definition) is 0. The number of alkyl halides is 3. The molecule has 4 rings (SSSR count). The number of ether oxygens (including phenoxy) is 1. The van der Waals surface area contributed by atoms with Gasteiger partial charge in [0, 0.05) is 12.0 Å². The standard InChI is InChI=1S/C19H19F3N2O3/c20-19(21,22)15-5-3-12(4-6-15)18-23-16(27-24-18)10-26-17(25)9-14-8-11-1-2-13(14)7-11/h3-6,11,13-14H,1-2,7-10H2. The number of carbonyl (C=O) groups excluding carboxylic acids is 1. The first-order chi connectivity index (χ1) is 12.9. The minimum Gasteiger partial charge on any atom is -0.456 e. The smallest absolute Gasteiger partial charge is 0.416 e. The first-order valence-electron chi connectivity index (χ1n) is 9.04. The molecule has 2 aliphatic rings. The molecule has 1 aromatic heterocycles.